The van der Waals surface area contributed by atoms with E-state index in [4.69, 9.17) is 20.9 Å². The van der Waals surface area contributed by atoms with E-state index in [-0.39, 0.29) is 18.1 Å². The maximum Gasteiger partial charge on any atom is 0.346 e. The molecule has 4 rings (SSSR count). The van der Waals surface area contributed by atoms with Gasteiger partial charge in [-0.05, 0) is 30.5 Å². The molecule has 1 N–H and O–H groups in total. The van der Waals surface area contributed by atoms with Gasteiger partial charge in [0.2, 0.25) is 11.0 Å². The van der Waals surface area contributed by atoms with Gasteiger partial charge in [0.1, 0.15) is 5.69 Å². The summed E-state index contributed by atoms with van der Waals surface area (Å²) in [6.45, 7) is 1.96. The van der Waals surface area contributed by atoms with E-state index in [0.29, 0.717) is 21.4 Å². The standard InChI is InChI=1S/C18H13ClN4O3S2/c1-2-25-17(24)13-14(10-5-7-11(19)8-6-10)23-26-15(13)20-18-22-21-16(28-18)12-4-3-9-27-12/h3-9H,2H2,1H3,(H,20,22). The Kier molecular flexibility index (Phi) is 5.38. The summed E-state index contributed by atoms with van der Waals surface area (Å²) in [6, 6.07) is 10.9. The lowest BCUT2D eigenvalue weighted by atomic mass is 10.1. The van der Waals surface area contributed by atoms with Crippen LogP contribution >= 0.6 is 34.3 Å². The first kappa shape index (κ1) is 18.6. The predicted molar refractivity (Wildman–Crippen MR) is 109 cm³/mol. The summed E-state index contributed by atoms with van der Waals surface area (Å²) in [5, 5.41) is 19.1. The van der Waals surface area contributed by atoms with Gasteiger partial charge in [0.25, 0.3) is 0 Å². The molecule has 0 spiro atoms. The van der Waals surface area contributed by atoms with Crippen LogP contribution in [0.4, 0.5) is 11.0 Å². The summed E-state index contributed by atoms with van der Waals surface area (Å²) in [6.07, 6.45) is 0. The molecule has 0 aliphatic heterocycles. The predicted octanol–water partition coefficient (Wildman–Crippen LogP) is 5.50. The SMILES string of the molecule is CCOC(=O)c1c(-c2ccc(Cl)cc2)noc1Nc1nnc(-c2cccs2)s1. The van der Waals surface area contributed by atoms with Gasteiger partial charge in [-0.1, -0.05) is 46.3 Å². The summed E-state index contributed by atoms with van der Waals surface area (Å²) >= 11 is 8.87. The van der Waals surface area contributed by atoms with Crippen molar-refractivity contribution < 1.29 is 14.1 Å². The minimum Gasteiger partial charge on any atom is -0.462 e. The van der Waals surface area contributed by atoms with Crippen molar-refractivity contribution in [2.45, 2.75) is 6.92 Å². The second kappa shape index (κ2) is 8.09. The van der Waals surface area contributed by atoms with E-state index in [9.17, 15) is 4.79 Å². The Morgan fingerprint density at radius 1 is 1.25 bits per heavy atom. The number of benzene rings is 1. The molecule has 0 radical (unpaired) electrons. The third kappa shape index (κ3) is 3.77. The van der Waals surface area contributed by atoms with Crippen LogP contribution in [0.1, 0.15) is 17.3 Å². The summed E-state index contributed by atoms with van der Waals surface area (Å²) in [4.78, 5) is 13.6. The highest BCUT2D eigenvalue weighted by atomic mass is 35.5. The van der Waals surface area contributed by atoms with Crippen molar-refractivity contribution >= 4 is 51.3 Å². The number of aromatic nitrogens is 3. The lowest BCUT2D eigenvalue weighted by molar-refractivity contribution is 0.0528. The topological polar surface area (TPSA) is 90.1 Å². The van der Waals surface area contributed by atoms with E-state index in [1.54, 1.807) is 42.5 Å². The molecule has 0 aliphatic rings. The first-order valence-corrected chi connectivity index (χ1v) is 10.3. The second-order valence-electron chi connectivity index (χ2n) is 5.48. The Hall–Kier alpha value is -2.75. The van der Waals surface area contributed by atoms with Crippen molar-refractivity contribution in [3.05, 3.63) is 52.4 Å². The minimum absolute atomic E-state index is 0.150. The average Bonchev–Trinajstić information content (AvgIpc) is 3.43. The van der Waals surface area contributed by atoms with Gasteiger partial charge in [0.05, 0.1) is 11.5 Å². The molecule has 0 unspecified atom stereocenters. The normalized spacial score (nSPS) is 10.8. The third-order valence-corrected chi connectivity index (χ3v) is 5.80. The zero-order valence-corrected chi connectivity index (χ0v) is 16.9. The fourth-order valence-corrected chi connectivity index (χ4v) is 4.10. The molecule has 4 aromatic rings. The number of thiophene rings is 1. The van der Waals surface area contributed by atoms with Crippen LogP contribution in [-0.4, -0.2) is 27.9 Å². The molecule has 0 saturated heterocycles. The molecule has 3 heterocycles. The second-order valence-corrected chi connectivity index (χ2v) is 7.84. The van der Waals surface area contributed by atoms with E-state index >= 15 is 0 Å². The van der Waals surface area contributed by atoms with E-state index < -0.39 is 5.97 Å². The molecule has 142 valence electrons. The fourth-order valence-electron chi connectivity index (χ4n) is 2.44. The molecule has 3 aromatic heterocycles. The largest absolute Gasteiger partial charge is 0.462 e. The molecular weight excluding hydrogens is 420 g/mol. The van der Waals surface area contributed by atoms with Gasteiger partial charge in [-0.15, -0.1) is 21.5 Å². The van der Waals surface area contributed by atoms with E-state index in [0.717, 1.165) is 9.88 Å². The van der Waals surface area contributed by atoms with Crippen LogP contribution in [0.15, 0.2) is 46.3 Å². The highest BCUT2D eigenvalue weighted by Crippen LogP contribution is 2.35. The summed E-state index contributed by atoms with van der Waals surface area (Å²) in [5.74, 6) is -0.392. The number of nitrogens with zero attached hydrogens (tertiary/aromatic N) is 3. The summed E-state index contributed by atoms with van der Waals surface area (Å²) in [5.41, 5.74) is 1.23. The minimum atomic E-state index is -0.542. The van der Waals surface area contributed by atoms with Crippen LogP contribution in [0.3, 0.4) is 0 Å². The maximum atomic E-state index is 12.6. The van der Waals surface area contributed by atoms with Crippen molar-refractivity contribution in [2.75, 3.05) is 11.9 Å². The van der Waals surface area contributed by atoms with Crippen LogP contribution in [-0.2, 0) is 4.74 Å². The first-order valence-electron chi connectivity index (χ1n) is 8.23. The number of nitrogens with one attached hydrogen (secondary N) is 1. The Labute approximate surface area is 172 Å². The monoisotopic (exact) mass is 432 g/mol. The maximum absolute atomic E-state index is 12.6. The van der Waals surface area contributed by atoms with Crippen LogP contribution in [0.25, 0.3) is 21.1 Å². The quantitative estimate of drug-likeness (QED) is 0.402. The van der Waals surface area contributed by atoms with Gasteiger partial charge in [-0.3, -0.25) is 5.32 Å². The lowest BCUT2D eigenvalue weighted by Crippen LogP contribution is -2.07. The Morgan fingerprint density at radius 3 is 2.79 bits per heavy atom. The van der Waals surface area contributed by atoms with Crippen molar-refractivity contribution in [2.24, 2.45) is 0 Å². The van der Waals surface area contributed by atoms with Gasteiger partial charge in [0, 0.05) is 10.6 Å². The molecule has 0 atom stereocenters. The van der Waals surface area contributed by atoms with E-state index in [2.05, 4.69) is 20.7 Å². The van der Waals surface area contributed by atoms with E-state index in [1.807, 2.05) is 17.5 Å². The number of carbonyl (C=O) groups is 1. The molecule has 7 nitrogen and oxygen atoms in total. The smallest absolute Gasteiger partial charge is 0.346 e. The molecule has 0 bridgehead atoms. The van der Waals surface area contributed by atoms with Gasteiger partial charge < -0.3 is 9.26 Å². The van der Waals surface area contributed by atoms with Crippen LogP contribution < -0.4 is 5.32 Å². The number of esters is 1. The lowest BCUT2D eigenvalue weighted by Gasteiger charge is -2.04. The van der Waals surface area contributed by atoms with Gasteiger partial charge in [-0.2, -0.15) is 0 Å². The van der Waals surface area contributed by atoms with Crippen LogP contribution in [0.2, 0.25) is 5.02 Å². The number of rotatable bonds is 6. The molecule has 0 fully saturated rings. The summed E-state index contributed by atoms with van der Waals surface area (Å²) in [7, 11) is 0. The molecule has 1 aromatic carbocycles. The Balaban J connectivity index is 1.68. The van der Waals surface area contributed by atoms with Gasteiger partial charge in [-0.25, -0.2) is 4.79 Å². The zero-order chi connectivity index (χ0) is 19.5. The summed E-state index contributed by atoms with van der Waals surface area (Å²) < 4.78 is 10.6. The Morgan fingerprint density at radius 2 is 2.07 bits per heavy atom. The van der Waals surface area contributed by atoms with Crippen molar-refractivity contribution in [3.8, 4) is 21.1 Å². The molecule has 0 aliphatic carbocycles. The average molecular weight is 433 g/mol. The molecule has 0 saturated carbocycles. The Bertz CT molecular complexity index is 1090. The van der Waals surface area contributed by atoms with Crippen LogP contribution in [0.5, 0.6) is 0 Å². The number of halogens is 1. The first-order chi connectivity index (χ1) is 13.7. The number of hydrogen-bond acceptors (Lipinski definition) is 9. The molecular formula is C18H13ClN4O3S2. The fraction of sp³-hybridized carbons (Fsp3) is 0.111. The number of anilines is 2. The molecule has 28 heavy (non-hydrogen) atoms. The number of carbonyl (C=O) groups excluding carboxylic acids is 1. The van der Waals surface area contributed by atoms with E-state index in [1.165, 1.54) is 11.3 Å². The number of ether oxygens (including phenoxy) is 1. The number of hydrogen-bond donors (Lipinski definition) is 1. The molecule has 10 heteroatoms. The zero-order valence-electron chi connectivity index (χ0n) is 14.5. The van der Waals surface area contributed by atoms with Gasteiger partial charge in [0.15, 0.2) is 10.6 Å². The van der Waals surface area contributed by atoms with Crippen molar-refractivity contribution in [1.82, 2.24) is 15.4 Å². The van der Waals surface area contributed by atoms with Crippen molar-refractivity contribution in [1.29, 1.82) is 0 Å². The van der Waals surface area contributed by atoms with Gasteiger partial charge >= 0.3 is 5.97 Å². The van der Waals surface area contributed by atoms with Crippen LogP contribution in [0, 0.1) is 0 Å². The third-order valence-electron chi connectivity index (χ3n) is 3.67. The highest BCUT2D eigenvalue weighted by molar-refractivity contribution is 7.22. The molecule has 0 amide bonds. The highest BCUT2D eigenvalue weighted by Gasteiger charge is 2.26. The van der Waals surface area contributed by atoms with Crippen molar-refractivity contribution in [3.63, 3.8) is 0 Å².